The zero-order valence-electron chi connectivity index (χ0n) is 20.8. The zero-order chi connectivity index (χ0) is 24.8. The van der Waals surface area contributed by atoms with Gasteiger partial charge in [0.2, 0.25) is 0 Å². The van der Waals surface area contributed by atoms with Gasteiger partial charge in [0.05, 0.1) is 11.4 Å². The predicted molar refractivity (Wildman–Crippen MR) is 132 cm³/mol. The van der Waals surface area contributed by atoms with Crippen molar-refractivity contribution in [2.75, 3.05) is 0 Å². The molecule has 0 aliphatic rings. The van der Waals surface area contributed by atoms with Gasteiger partial charge >= 0.3 is 103 Å². The first kappa shape index (κ1) is 32.7. The van der Waals surface area contributed by atoms with Crippen molar-refractivity contribution in [2.24, 2.45) is 0 Å². The fraction of sp³-hybridized carbons (Fsp3) is 0. The van der Waals surface area contributed by atoms with Gasteiger partial charge in [-0.25, -0.2) is 4.68 Å². The Morgan fingerprint density at radius 2 is 1.33 bits per heavy atom. The van der Waals surface area contributed by atoms with Crippen molar-refractivity contribution in [3.63, 3.8) is 0 Å². The fourth-order valence-corrected chi connectivity index (χ4v) is 5.73. The fourth-order valence-electron chi connectivity index (χ4n) is 3.45. The van der Waals surface area contributed by atoms with E-state index in [2.05, 4.69) is 21.0 Å². The minimum atomic E-state index is -5.02. The van der Waals surface area contributed by atoms with Crippen LogP contribution in [0.1, 0.15) is 2.85 Å². The van der Waals surface area contributed by atoms with Crippen molar-refractivity contribution in [1.82, 2.24) is 9.78 Å². The molecule has 3 N–H and O–H groups in total. The summed E-state index contributed by atoms with van der Waals surface area (Å²) in [6, 6.07) is 15.7. The van der Waals surface area contributed by atoms with E-state index in [9.17, 15) is 30.7 Å². The maximum absolute atomic E-state index is 12.7. The average Bonchev–Trinajstić information content (AvgIpc) is 3.13. The van der Waals surface area contributed by atoms with E-state index in [1.807, 2.05) is 0 Å². The summed E-state index contributed by atoms with van der Waals surface area (Å²) >= 11 is 9.40. The smallest absolute Gasteiger partial charge is 1.00 e. The van der Waals surface area contributed by atoms with Gasteiger partial charge in [-0.05, 0) is 29.8 Å². The molecule has 36 heavy (non-hydrogen) atoms. The third kappa shape index (κ3) is 6.99. The van der Waals surface area contributed by atoms with Crippen LogP contribution in [0.4, 0.5) is 0 Å². The van der Waals surface area contributed by atoms with Gasteiger partial charge in [-0.1, -0.05) is 63.9 Å². The second kappa shape index (κ2) is 12.8. The molecule has 15 heteroatoms. The molecule has 4 aromatic rings. The number of rotatable bonds is 5. The van der Waals surface area contributed by atoms with Gasteiger partial charge in [0.1, 0.15) is 9.79 Å². The molecule has 1 aromatic heterocycles. The van der Waals surface area contributed by atoms with E-state index in [1.165, 1.54) is 24.3 Å². The Balaban J connectivity index is 0.00000342. The standard InChI is InChI=1S/C21H14BrClN2O7S2.2K.2H/c22-15-7-3-1-5-13(15)21-18(33(27,28)29)9-12(10-19(21)34(30,31)32)25-20(26)11-17(24-25)14-6-2-4-8-16(14)23;;;;/h1-11,24H,(H,27,28,29)(H,30,31,32);;;;/q;2*+1;2*-1. The van der Waals surface area contributed by atoms with Gasteiger partial charge in [-0.15, -0.1) is 0 Å². The van der Waals surface area contributed by atoms with E-state index in [1.54, 1.807) is 30.3 Å². The van der Waals surface area contributed by atoms with Crippen LogP contribution in [0.25, 0.3) is 28.1 Å². The molecule has 0 spiro atoms. The minimum absolute atomic E-state index is 0. The summed E-state index contributed by atoms with van der Waals surface area (Å²) in [5, 5.41) is 3.07. The Bertz CT molecular complexity index is 1680. The first-order chi connectivity index (χ1) is 15.9. The number of aromatic amines is 1. The summed E-state index contributed by atoms with van der Waals surface area (Å²) in [4.78, 5) is 11.1. The van der Waals surface area contributed by atoms with E-state index in [-0.39, 0.29) is 123 Å². The summed E-state index contributed by atoms with van der Waals surface area (Å²) in [5.74, 6) is 0. The molecule has 0 saturated carbocycles. The maximum Gasteiger partial charge on any atom is 1.00 e. The van der Waals surface area contributed by atoms with Crippen LogP contribution in [-0.2, 0) is 20.2 Å². The van der Waals surface area contributed by atoms with Crippen molar-refractivity contribution >= 4 is 47.8 Å². The molecule has 9 nitrogen and oxygen atoms in total. The summed E-state index contributed by atoms with van der Waals surface area (Å²) in [6.07, 6.45) is 0. The van der Waals surface area contributed by atoms with Gasteiger partial charge in [-0.3, -0.25) is 19.0 Å². The number of nitrogens with one attached hydrogen (secondary N) is 1. The van der Waals surface area contributed by atoms with Crippen molar-refractivity contribution in [2.45, 2.75) is 9.79 Å². The van der Waals surface area contributed by atoms with E-state index in [0.717, 1.165) is 16.8 Å². The van der Waals surface area contributed by atoms with Crippen LogP contribution in [-0.4, -0.2) is 35.7 Å². The molecule has 180 valence electrons. The van der Waals surface area contributed by atoms with Gasteiger partial charge in [-0.2, -0.15) is 16.8 Å². The van der Waals surface area contributed by atoms with Crippen LogP contribution in [0.15, 0.2) is 85.8 Å². The van der Waals surface area contributed by atoms with Crippen LogP contribution in [0.3, 0.4) is 0 Å². The molecule has 0 fully saturated rings. The molecular formula is C21H16BrClK2N2O7S2. The van der Waals surface area contributed by atoms with Gasteiger partial charge in [0.15, 0.2) is 0 Å². The molecule has 0 radical (unpaired) electrons. The van der Waals surface area contributed by atoms with Crippen LogP contribution in [0, 0.1) is 0 Å². The van der Waals surface area contributed by atoms with Crippen LogP contribution < -0.4 is 108 Å². The van der Waals surface area contributed by atoms with Crippen molar-refractivity contribution in [1.29, 1.82) is 0 Å². The third-order valence-electron chi connectivity index (χ3n) is 4.89. The Morgan fingerprint density at radius 3 is 1.83 bits per heavy atom. The zero-order valence-corrected chi connectivity index (χ0v) is 29.0. The van der Waals surface area contributed by atoms with Crippen LogP contribution >= 0.6 is 27.5 Å². The van der Waals surface area contributed by atoms with E-state index < -0.39 is 41.1 Å². The van der Waals surface area contributed by atoms with E-state index in [0.29, 0.717) is 15.1 Å². The number of aromatic nitrogens is 2. The quantitative estimate of drug-likeness (QED) is 0.176. The van der Waals surface area contributed by atoms with Gasteiger partial charge < -0.3 is 2.85 Å². The molecule has 3 aromatic carbocycles. The Labute approximate surface area is 308 Å². The topological polar surface area (TPSA) is 147 Å². The maximum atomic E-state index is 12.7. The number of hydrogen-bond donors (Lipinski definition) is 3. The number of nitrogens with zero attached hydrogens (tertiary/aromatic N) is 1. The first-order valence-corrected chi connectivity index (χ1v) is 13.4. The van der Waals surface area contributed by atoms with E-state index >= 15 is 0 Å². The molecule has 0 saturated heterocycles. The average molecular weight is 666 g/mol. The predicted octanol–water partition coefficient (Wildman–Crippen LogP) is -1.36. The van der Waals surface area contributed by atoms with Crippen LogP contribution in [0.2, 0.25) is 5.02 Å². The molecule has 4 rings (SSSR count). The number of benzene rings is 3. The Morgan fingerprint density at radius 1 is 0.833 bits per heavy atom. The largest absolute Gasteiger partial charge is 1.00 e. The molecule has 0 aliphatic carbocycles. The SMILES string of the molecule is O=c1cc(-c2ccccc2Cl)[nH]n1-c1cc(S(=O)(=O)O)c(-c2ccccc2Br)c(S(=O)(=O)O)c1.[H-].[H-].[K+].[K+]. The summed E-state index contributed by atoms with van der Waals surface area (Å²) in [5.41, 5.74) is -0.593. The molecule has 1 heterocycles. The van der Waals surface area contributed by atoms with Gasteiger partial charge in [0, 0.05) is 26.7 Å². The second-order valence-electron chi connectivity index (χ2n) is 7.07. The molecule has 0 unspecified atom stereocenters. The first-order valence-electron chi connectivity index (χ1n) is 9.33. The number of H-pyrrole nitrogens is 1. The molecule has 0 bridgehead atoms. The summed E-state index contributed by atoms with van der Waals surface area (Å²) in [6.45, 7) is 0. The molecular weight excluding hydrogens is 650 g/mol. The number of hydrogen-bond acceptors (Lipinski definition) is 5. The summed E-state index contributed by atoms with van der Waals surface area (Å²) < 4.78 is 70.3. The minimum Gasteiger partial charge on any atom is -1.00 e. The monoisotopic (exact) mass is 664 g/mol. The van der Waals surface area contributed by atoms with Crippen molar-refractivity contribution < 1.29 is 132 Å². The summed E-state index contributed by atoms with van der Waals surface area (Å²) in [7, 11) is -10.0. The molecule has 0 atom stereocenters. The van der Waals surface area contributed by atoms with Crippen LogP contribution in [0.5, 0.6) is 0 Å². The van der Waals surface area contributed by atoms with Crippen molar-refractivity contribution in [3.05, 3.63) is 86.6 Å². The normalized spacial score (nSPS) is 11.4. The van der Waals surface area contributed by atoms with Gasteiger partial charge in [0.25, 0.3) is 25.8 Å². The Kier molecular flexibility index (Phi) is 11.6. The molecule has 0 aliphatic heterocycles. The van der Waals surface area contributed by atoms with E-state index in [4.69, 9.17) is 11.6 Å². The number of halogens is 2. The third-order valence-corrected chi connectivity index (χ3v) is 7.67. The van der Waals surface area contributed by atoms with Crippen molar-refractivity contribution in [3.8, 4) is 28.1 Å². The second-order valence-corrected chi connectivity index (χ2v) is 11.1. The Hall–Kier alpha value is 0.533. The molecule has 0 amide bonds.